The van der Waals surface area contributed by atoms with Gasteiger partial charge in [0.05, 0.1) is 0 Å². The number of rotatable bonds is 6. The van der Waals surface area contributed by atoms with Crippen LogP contribution in [0.3, 0.4) is 0 Å². The van der Waals surface area contributed by atoms with E-state index in [1.54, 1.807) is 0 Å². The number of likely N-dealkylation sites (N-methyl/N-ethyl adjacent to an activating group) is 1. The summed E-state index contributed by atoms with van der Waals surface area (Å²) in [6, 6.07) is 2.25. The average Bonchev–Trinajstić information content (AvgIpc) is 3.23. The molecule has 1 heterocycles. The second-order valence-electron chi connectivity index (χ2n) is 8.66. The number of nitrogens with zero attached hydrogens (tertiary/aromatic N) is 3. The molecule has 0 amide bonds. The molecule has 1 saturated heterocycles. The van der Waals surface area contributed by atoms with Crippen LogP contribution in [-0.2, 0) is 0 Å². The van der Waals surface area contributed by atoms with Gasteiger partial charge in [0.15, 0.2) is 5.96 Å². The van der Waals surface area contributed by atoms with Crippen molar-refractivity contribution in [1.29, 1.82) is 0 Å². The van der Waals surface area contributed by atoms with Crippen molar-refractivity contribution in [1.82, 2.24) is 20.4 Å². The Morgan fingerprint density at radius 1 is 0.962 bits per heavy atom. The van der Waals surface area contributed by atoms with Gasteiger partial charge in [-0.05, 0) is 45.6 Å². The molecule has 0 atom stereocenters. The zero-order chi connectivity index (χ0) is 18.2. The molecule has 3 fully saturated rings. The highest BCUT2D eigenvalue weighted by atomic mass is 15.2. The third-order valence-corrected chi connectivity index (χ3v) is 6.89. The number of hydrogen-bond acceptors (Lipinski definition) is 3. The van der Waals surface area contributed by atoms with Gasteiger partial charge in [-0.3, -0.25) is 4.99 Å². The number of aliphatic imine (C=N–C) groups is 1. The standard InChI is InChI=1S/C21H41N5/c1-22-21(23-14-17-25(2)19-8-6-7-9-19)24-18-12-15-26(16-13-18)20-10-4-3-5-11-20/h18-20H,3-17H2,1-2H3,(H2,22,23,24). The summed E-state index contributed by atoms with van der Waals surface area (Å²) in [4.78, 5) is 9.73. The molecule has 2 saturated carbocycles. The van der Waals surface area contributed by atoms with Gasteiger partial charge >= 0.3 is 0 Å². The van der Waals surface area contributed by atoms with E-state index < -0.39 is 0 Å². The molecule has 5 heteroatoms. The fourth-order valence-corrected chi connectivity index (χ4v) is 5.12. The third kappa shape index (κ3) is 5.85. The van der Waals surface area contributed by atoms with E-state index in [-0.39, 0.29) is 0 Å². The van der Waals surface area contributed by atoms with Crippen molar-refractivity contribution in [2.45, 2.75) is 88.8 Å². The lowest BCUT2D eigenvalue weighted by molar-refractivity contribution is 0.119. The lowest BCUT2D eigenvalue weighted by atomic mass is 9.92. The molecule has 0 aromatic carbocycles. The quantitative estimate of drug-likeness (QED) is 0.562. The van der Waals surface area contributed by atoms with Crippen LogP contribution in [0.5, 0.6) is 0 Å². The molecule has 26 heavy (non-hydrogen) atoms. The highest BCUT2D eigenvalue weighted by Crippen LogP contribution is 2.25. The van der Waals surface area contributed by atoms with E-state index in [2.05, 4.69) is 32.5 Å². The third-order valence-electron chi connectivity index (χ3n) is 6.89. The van der Waals surface area contributed by atoms with E-state index in [1.807, 2.05) is 7.05 Å². The zero-order valence-electron chi connectivity index (χ0n) is 17.2. The molecule has 3 rings (SSSR count). The molecular weight excluding hydrogens is 322 g/mol. The van der Waals surface area contributed by atoms with E-state index in [0.717, 1.165) is 31.1 Å². The Labute approximate surface area is 161 Å². The summed E-state index contributed by atoms with van der Waals surface area (Å²) in [6.45, 7) is 4.59. The minimum atomic E-state index is 0.577. The Morgan fingerprint density at radius 2 is 1.62 bits per heavy atom. The number of likely N-dealkylation sites (tertiary alicyclic amines) is 1. The molecular formula is C21H41N5. The van der Waals surface area contributed by atoms with E-state index in [0.29, 0.717) is 6.04 Å². The van der Waals surface area contributed by atoms with Gasteiger partial charge in [-0.2, -0.15) is 0 Å². The lowest BCUT2D eigenvalue weighted by Gasteiger charge is -2.39. The van der Waals surface area contributed by atoms with Crippen molar-refractivity contribution < 1.29 is 0 Å². The van der Waals surface area contributed by atoms with Crippen LogP contribution in [0.4, 0.5) is 0 Å². The van der Waals surface area contributed by atoms with E-state index in [9.17, 15) is 0 Å². The first-order chi connectivity index (χ1) is 12.8. The van der Waals surface area contributed by atoms with Crippen molar-refractivity contribution in [2.75, 3.05) is 40.3 Å². The van der Waals surface area contributed by atoms with Crippen LogP contribution in [0.25, 0.3) is 0 Å². The Kier molecular flexibility index (Phi) is 8.06. The van der Waals surface area contributed by atoms with Crippen LogP contribution in [0, 0.1) is 0 Å². The summed E-state index contributed by atoms with van der Waals surface area (Å²) in [7, 11) is 4.17. The Hall–Kier alpha value is -0.810. The molecule has 1 aliphatic heterocycles. The molecule has 0 aromatic rings. The topological polar surface area (TPSA) is 42.9 Å². The Balaban J connectivity index is 1.32. The molecule has 0 spiro atoms. The zero-order valence-corrected chi connectivity index (χ0v) is 17.2. The monoisotopic (exact) mass is 363 g/mol. The maximum absolute atomic E-state index is 4.45. The molecule has 2 aliphatic carbocycles. The summed E-state index contributed by atoms with van der Waals surface area (Å²) in [6.07, 6.45) is 15.3. The van der Waals surface area contributed by atoms with Crippen LogP contribution in [0.15, 0.2) is 4.99 Å². The molecule has 150 valence electrons. The van der Waals surface area contributed by atoms with Crippen LogP contribution < -0.4 is 10.6 Å². The van der Waals surface area contributed by atoms with Gasteiger partial charge in [0.25, 0.3) is 0 Å². The van der Waals surface area contributed by atoms with Crippen LogP contribution in [0.1, 0.15) is 70.6 Å². The van der Waals surface area contributed by atoms with Gasteiger partial charge in [0.1, 0.15) is 0 Å². The predicted molar refractivity (Wildman–Crippen MR) is 111 cm³/mol. The Morgan fingerprint density at radius 3 is 2.27 bits per heavy atom. The van der Waals surface area contributed by atoms with E-state index in [4.69, 9.17) is 0 Å². The molecule has 0 radical (unpaired) electrons. The maximum Gasteiger partial charge on any atom is 0.191 e. The molecule has 5 nitrogen and oxygen atoms in total. The van der Waals surface area contributed by atoms with Crippen LogP contribution >= 0.6 is 0 Å². The Bertz CT molecular complexity index is 418. The SMILES string of the molecule is CN=C(NCCN(C)C1CCCC1)NC1CCN(C2CCCCC2)CC1. The van der Waals surface area contributed by atoms with Gasteiger partial charge < -0.3 is 20.4 Å². The fourth-order valence-electron chi connectivity index (χ4n) is 5.12. The smallest absolute Gasteiger partial charge is 0.191 e. The van der Waals surface area contributed by atoms with Crippen molar-refractivity contribution >= 4 is 5.96 Å². The molecule has 3 aliphatic rings. The molecule has 2 N–H and O–H groups in total. The average molecular weight is 364 g/mol. The number of piperidine rings is 1. The first-order valence-corrected chi connectivity index (χ1v) is 11.2. The minimum Gasteiger partial charge on any atom is -0.355 e. The summed E-state index contributed by atoms with van der Waals surface area (Å²) in [5.41, 5.74) is 0. The number of hydrogen-bond donors (Lipinski definition) is 2. The maximum atomic E-state index is 4.45. The highest BCUT2D eigenvalue weighted by molar-refractivity contribution is 5.79. The van der Waals surface area contributed by atoms with E-state index >= 15 is 0 Å². The lowest BCUT2D eigenvalue weighted by Crippen LogP contribution is -2.51. The normalized spacial score (nSPS) is 25.1. The summed E-state index contributed by atoms with van der Waals surface area (Å²) in [5.74, 6) is 0.987. The molecule has 0 unspecified atom stereocenters. The summed E-state index contributed by atoms with van der Waals surface area (Å²) in [5, 5.41) is 7.20. The van der Waals surface area contributed by atoms with Gasteiger partial charge in [-0.25, -0.2) is 0 Å². The van der Waals surface area contributed by atoms with Crippen molar-refractivity contribution in [2.24, 2.45) is 4.99 Å². The molecule has 0 aromatic heterocycles. The highest BCUT2D eigenvalue weighted by Gasteiger charge is 2.26. The van der Waals surface area contributed by atoms with Gasteiger partial charge in [0, 0.05) is 51.4 Å². The molecule has 0 bridgehead atoms. The van der Waals surface area contributed by atoms with Crippen LogP contribution in [-0.4, -0.2) is 74.2 Å². The second kappa shape index (κ2) is 10.5. The van der Waals surface area contributed by atoms with Crippen molar-refractivity contribution in [3.8, 4) is 0 Å². The predicted octanol–water partition coefficient (Wildman–Crippen LogP) is 2.82. The second-order valence-corrected chi connectivity index (χ2v) is 8.66. The summed E-state index contributed by atoms with van der Waals surface area (Å²) >= 11 is 0. The first kappa shape index (κ1) is 19.9. The minimum absolute atomic E-state index is 0.577. The van der Waals surface area contributed by atoms with Crippen LogP contribution in [0.2, 0.25) is 0 Å². The summed E-state index contributed by atoms with van der Waals surface area (Å²) < 4.78 is 0. The number of nitrogens with one attached hydrogen (secondary N) is 2. The number of guanidine groups is 1. The van der Waals surface area contributed by atoms with Crippen molar-refractivity contribution in [3.63, 3.8) is 0 Å². The van der Waals surface area contributed by atoms with Gasteiger partial charge in [0.2, 0.25) is 0 Å². The first-order valence-electron chi connectivity index (χ1n) is 11.2. The van der Waals surface area contributed by atoms with E-state index in [1.165, 1.54) is 83.7 Å². The van der Waals surface area contributed by atoms with Gasteiger partial charge in [-0.15, -0.1) is 0 Å². The van der Waals surface area contributed by atoms with Gasteiger partial charge in [-0.1, -0.05) is 32.1 Å². The largest absolute Gasteiger partial charge is 0.355 e. The van der Waals surface area contributed by atoms with Crippen molar-refractivity contribution in [3.05, 3.63) is 0 Å². The fraction of sp³-hybridized carbons (Fsp3) is 0.952.